The molecule has 28 heavy (non-hydrogen) atoms. The van der Waals surface area contributed by atoms with Gasteiger partial charge >= 0.3 is 0 Å². The van der Waals surface area contributed by atoms with Gasteiger partial charge in [0.25, 0.3) is 5.76 Å². The van der Waals surface area contributed by atoms with Gasteiger partial charge in [-0.3, -0.25) is 0 Å². The molecule has 0 bridgehead atoms. The fourth-order valence-electron chi connectivity index (χ4n) is 2.53. The number of hydrogen-bond donors (Lipinski definition) is 0. The molecule has 3 rings (SSSR count). The van der Waals surface area contributed by atoms with Crippen molar-refractivity contribution >= 4 is 23.5 Å². The molecule has 1 aromatic heterocycles. The number of thioether (sulfide) groups is 2. The van der Waals surface area contributed by atoms with E-state index in [9.17, 15) is 8.78 Å². The zero-order valence-electron chi connectivity index (χ0n) is 15.4. The molecule has 148 valence electrons. The lowest BCUT2D eigenvalue weighted by atomic mass is 10.2. The topological polar surface area (TPSA) is 62.1 Å². The van der Waals surface area contributed by atoms with Gasteiger partial charge in [0.1, 0.15) is 17.2 Å². The quantitative estimate of drug-likeness (QED) is 0.490. The van der Waals surface area contributed by atoms with Crippen molar-refractivity contribution in [3.05, 3.63) is 47.5 Å². The first-order valence-electron chi connectivity index (χ1n) is 8.19. The van der Waals surface area contributed by atoms with E-state index in [0.29, 0.717) is 39.1 Å². The van der Waals surface area contributed by atoms with Gasteiger partial charge in [-0.1, -0.05) is 35.7 Å². The summed E-state index contributed by atoms with van der Waals surface area (Å²) in [5.41, 5.74) is 2.71. The highest BCUT2D eigenvalue weighted by Crippen LogP contribution is 2.35. The molecule has 1 heterocycles. The average molecular weight is 424 g/mol. The van der Waals surface area contributed by atoms with Gasteiger partial charge in [-0.05, 0) is 52.7 Å². The molecule has 0 amide bonds. The Balaban J connectivity index is 1.80. The maximum Gasteiger partial charge on any atom is 0.289 e. The molecule has 0 atom stereocenters. The molecule has 0 N–H and O–H groups in total. The third-order valence-corrected chi connectivity index (χ3v) is 5.58. The lowest BCUT2D eigenvalue weighted by molar-refractivity contribution is 0.251. The smallest absolute Gasteiger partial charge is 0.289 e. The molecular weight excluding hydrogens is 406 g/mol. The van der Waals surface area contributed by atoms with Crippen molar-refractivity contribution in [3.8, 4) is 17.2 Å². The van der Waals surface area contributed by atoms with E-state index in [1.54, 1.807) is 30.0 Å². The zero-order valence-corrected chi connectivity index (χ0v) is 17.1. The van der Waals surface area contributed by atoms with Gasteiger partial charge in [-0.2, -0.15) is 13.5 Å². The standard InChI is InChI=1S/C18H18F2N4O2S2/c1-11-4-6-14(25-2)13(8-11)24-18(21-22-23-24)27-10-12-5-7-16(28-17(19)20)15(9-12)26-3/h4-9,17H,10H2,1-3H3. The molecular formula is C18H18F2N4O2S2. The predicted octanol–water partition coefficient (Wildman–Crippen LogP) is 4.59. The molecule has 0 unspecified atom stereocenters. The van der Waals surface area contributed by atoms with E-state index in [4.69, 9.17) is 9.47 Å². The number of aromatic nitrogens is 4. The highest BCUT2D eigenvalue weighted by molar-refractivity contribution is 7.99. The van der Waals surface area contributed by atoms with Gasteiger partial charge in [0, 0.05) is 5.75 Å². The average Bonchev–Trinajstić information content (AvgIpc) is 3.15. The third-order valence-electron chi connectivity index (χ3n) is 3.82. The molecule has 0 spiro atoms. The molecule has 0 aliphatic heterocycles. The van der Waals surface area contributed by atoms with Crippen LogP contribution in [0.5, 0.6) is 11.5 Å². The minimum atomic E-state index is -2.50. The number of tetrazole rings is 1. The Bertz CT molecular complexity index is 953. The van der Waals surface area contributed by atoms with Crippen molar-refractivity contribution in [1.82, 2.24) is 20.2 Å². The number of rotatable bonds is 8. The van der Waals surface area contributed by atoms with E-state index in [1.165, 1.54) is 18.9 Å². The zero-order chi connectivity index (χ0) is 20.1. The number of halogens is 2. The van der Waals surface area contributed by atoms with Crippen LogP contribution in [0.1, 0.15) is 11.1 Å². The first kappa shape index (κ1) is 20.4. The summed E-state index contributed by atoms with van der Waals surface area (Å²) < 4.78 is 37.5. The number of nitrogens with zero attached hydrogens (tertiary/aromatic N) is 4. The number of alkyl halides is 2. The first-order valence-corrected chi connectivity index (χ1v) is 10.1. The van der Waals surface area contributed by atoms with E-state index >= 15 is 0 Å². The van der Waals surface area contributed by atoms with E-state index in [0.717, 1.165) is 16.8 Å². The van der Waals surface area contributed by atoms with E-state index in [2.05, 4.69) is 15.5 Å². The molecule has 0 aliphatic carbocycles. The second-order valence-corrected chi connectivity index (χ2v) is 7.68. The lowest BCUT2D eigenvalue weighted by Crippen LogP contribution is -2.02. The number of methoxy groups -OCH3 is 2. The first-order chi connectivity index (χ1) is 13.5. The fourth-order valence-corrected chi connectivity index (χ4v) is 3.95. The second-order valence-electron chi connectivity index (χ2n) is 5.70. The Morgan fingerprint density at radius 3 is 2.57 bits per heavy atom. The summed E-state index contributed by atoms with van der Waals surface area (Å²) in [5.74, 6) is -0.869. The summed E-state index contributed by atoms with van der Waals surface area (Å²) in [5, 5.41) is 12.5. The summed E-state index contributed by atoms with van der Waals surface area (Å²) in [4.78, 5) is 0.403. The molecule has 3 aromatic rings. The summed E-state index contributed by atoms with van der Waals surface area (Å²) in [6.07, 6.45) is 0. The van der Waals surface area contributed by atoms with Crippen LogP contribution in [0.4, 0.5) is 8.78 Å². The lowest BCUT2D eigenvalue weighted by Gasteiger charge is -2.11. The Morgan fingerprint density at radius 1 is 1.07 bits per heavy atom. The minimum Gasteiger partial charge on any atom is -0.496 e. The SMILES string of the molecule is COc1cc(CSc2nnnn2-c2cc(C)ccc2OC)ccc1SC(F)F. The van der Waals surface area contributed by atoms with Crippen LogP contribution in [0.25, 0.3) is 5.69 Å². The Hall–Kier alpha value is -2.33. The maximum absolute atomic E-state index is 12.6. The Kier molecular flexibility index (Phi) is 6.74. The van der Waals surface area contributed by atoms with Crippen LogP contribution in [0.3, 0.4) is 0 Å². The molecule has 6 nitrogen and oxygen atoms in total. The number of aryl methyl sites for hydroxylation is 1. The molecule has 0 saturated carbocycles. The van der Waals surface area contributed by atoms with Crippen LogP contribution in [-0.4, -0.2) is 40.2 Å². The van der Waals surface area contributed by atoms with E-state index < -0.39 is 5.76 Å². The molecule has 0 fully saturated rings. The van der Waals surface area contributed by atoms with Crippen molar-refractivity contribution in [1.29, 1.82) is 0 Å². The Morgan fingerprint density at radius 2 is 1.86 bits per heavy atom. The monoisotopic (exact) mass is 424 g/mol. The van der Waals surface area contributed by atoms with Crippen molar-refractivity contribution in [2.75, 3.05) is 14.2 Å². The molecule has 10 heteroatoms. The van der Waals surface area contributed by atoms with Crippen LogP contribution in [0, 0.1) is 6.92 Å². The summed E-state index contributed by atoms with van der Waals surface area (Å²) >= 11 is 1.89. The maximum atomic E-state index is 12.6. The highest BCUT2D eigenvalue weighted by atomic mass is 32.2. The van der Waals surface area contributed by atoms with Gasteiger partial charge in [-0.25, -0.2) is 0 Å². The predicted molar refractivity (Wildman–Crippen MR) is 105 cm³/mol. The van der Waals surface area contributed by atoms with Crippen molar-refractivity contribution < 1.29 is 18.3 Å². The van der Waals surface area contributed by atoms with Gasteiger partial charge in [0.2, 0.25) is 5.16 Å². The minimum absolute atomic E-state index is 0.403. The highest BCUT2D eigenvalue weighted by Gasteiger charge is 2.15. The van der Waals surface area contributed by atoms with Crippen LogP contribution < -0.4 is 9.47 Å². The molecule has 0 radical (unpaired) electrons. The van der Waals surface area contributed by atoms with E-state index in [-0.39, 0.29) is 0 Å². The van der Waals surface area contributed by atoms with Gasteiger partial charge in [0.05, 0.1) is 19.1 Å². The molecule has 0 aliphatic rings. The van der Waals surface area contributed by atoms with Crippen LogP contribution >= 0.6 is 23.5 Å². The third kappa shape index (κ3) is 4.74. The fraction of sp³-hybridized carbons (Fsp3) is 0.278. The largest absolute Gasteiger partial charge is 0.496 e. The summed E-state index contributed by atoms with van der Waals surface area (Å²) in [7, 11) is 3.06. The van der Waals surface area contributed by atoms with Gasteiger partial charge in [0.15, 0.2) is 0 Å². The second kappa shape index (κ2) is 9.24. The van der Waals surface area contributed by atoms with Crippen LogP contribution in [-0.2, 0) is 5.75 Å². The van der Waals surface area contributed by atoms with Gasteiger partial charge < -0.3 is 9.47 Å². The van der Waals surface area contributed by atoms with Crippen LogP contribution in [0.15, 0.2) is 46.5 Å². The Labute approximate surface area is 169 Å². The normalized spacial score (nSPS) is 11.1. The number of hydrogen-bond acceptors (Lipinski definition) is 7. The van der Waals surface area contributed by atoms with Crippen molar-refractivity contribution in [3.63, 3.8) is 0 Å². The van der Waals surface area contributed by atoms with Gasteiger partial charge in [-0.15, -0.1) is 5.10 Å². The number of benzene rings is 2. The van der Waals surface area contributed by atoms with Crippen molar-refractivity contribution in [2.45, 2.75) is 28.5 Å². The molecule has 0 saturated heterocycles. The summed E-state index contributed by atoms with van der Waals surface area (Å²) in [6, 6.07) is 10.9. The van der Waals surface area contributed by atoms with Crippen molar-refractivity contribution in [2.24, 2.45) is 0 Å². The van der Waals surface area contributed by atoms with Crippen LogP contribution in [0.2, 0.25) is 0 Å². The molecule has 2 aromatic carbocycles. The number of ether oxygens (including phenoxy) is 2. The van der Waals surface area contributed by atoms with E-state index in [1.807, 2.05) is 25.1 Å². The summed E-state index contributed by atoms with van der Waals surface area (Å²) in [6.45, 7) is 1.98.